The summed E-state index contributed by atoms with van der Waals surface area (Å²) in [6.07, 6.45) is 3.38. The SMILES string of the molecule is CS(=O)(=O)c1ccc2oc(C(N)C3CC3)nc2c1. The molecule has 2 aromatic rings. The quantitative estimate of drug-likeness (QED) is 0.912. The highest BCUT2D eigenvalue weighted by atomic mass is 32.2. The van der Waals surface area contributed by atoms with Gasteiger partial charge in [0.05, 0.1) is 10.9 Å². The van der Waals surface area contributed by atoms with E-state index in [-0.39, 0.29) is 10.9 Å². The van der Waals surface area contributed by atoms with Crippen LogP contribution in [0.25, 0.3) is 11.1 Å². The van der Waals surface area contributed by atoms with Crippen molar-refractivity contribution in [3.8, 4) is 0 Å². The summed E-state index contributed by atoms with van der Waals surface area (Å²) in [4.78, 5) is 4.54. The molecule has 0 bridgehead atoms. The van der Waals surface area contributed by atoms with E-state index in [2.05, 4.69) is 4.98 Å². The zero-order chi connectivity index (χ0) is 12.9. The second-order valence-electron chi connectivity index (χ2n) is 4.82. The van der Waals surface area contributed by atoms with Crippen molar-refractivity contribution >= 4 is 20.9 Å². The first kappa shape index (κ1) is 11.7. The van der Waals surface area contributed by atoms with Gasteiger partial charge >= 0.3 is 0 Å². The molecule has 5 nitrogen and oxygen atoms in total. The summed E-state index contributed by atoms with van der Waals surface area (Å²) >= 11 is 0. The first-order valence-electron chi connectivity index (χ1n) is 5.81. The Labute approximate surface area is 105 Å². The fourth-order valence-electron chi connectivity index (χ4n) is 1.96. The molecule has 2 N–H and O–H groups in total. The molecule has 1 unspecified atom stereocenters. The number of fused-ring (bicyclic) bond motifs is 1. The third kappa shape index (κ3) is 2.02. The number of nitrogens with zero attached hydrogens (tertiary/aromatic N) is 1. The largest absolute Gasteiger partial charge is 0.439 e. The molecule has 18 heavy (non-hydrogen) atoms. The van der Waals surface area contributed by atoms with Crippen LogP contribution in [0.3, 0.4) is 0 Å². The van der Waals surface area contributed by atoms with E-state index in [0.717, 1.165) is 12.8 Å². The minimum Gasteiger partial charge on any atom is -0.439 e. The van der Waals surface area contributed by atoms with Crippen molar-refractivity contribution in [3.63, 3.8) is 0 Å². The molecule has 96 valence electrons. The molecule has 0 aliphatic heterocycles. The van der Waals surface area contributed by atoms with E-state index in [0.29, 0.717) is 22.9 Å². The minimum atomic E-state index is -3.22. The van der Waals surface area contributed by atoms with Crippen LogP contribution in [-0.4, -0.2) is 19.7 Å². The molecule has 1 saturated carbocycles. The van der Waals surface area contributed by atoms with Crippen LogP contribution in [0.1, 0.15) is 24.8 Å². The van der Waals surface area contributed by atoms with Gasteiger partial charge in [-0.25, -0.2) is 13.4 Å². The van der Waals surface area contributed by atoms with Gasteiger partial charge in [0.15, 0.2) is 15.4 Å². The fourth-order valence-corrected chi connectivity index (χ4v) is 2.60. The first-order chi connectivity index (χ1) is 8.45. The lowest BCUT2D eigenvalue weighted by Crippen LogP contribution is -2.12. The second kappa shape index (κ2) is 3.80. The molecule has 1 aromatic carbocycles. The van der Waals surface area contributed by atoms with Gasteiger partial charge in [-0.1, -0.05) is 0 Å². The number of hydrogen-bond donors (Lipinski definition) is 1. The van der Waals surface area contributed by atoms with Gasteiger partial charge < -0.3 is 10.2 Å². The van der Waals surface area contributed by atoms with E-state index in [9.17, 15) is 8.42 Å². The average molecular weight is 266 g/mol. The van der Waals surface area contributed by atoms with Crippen LogP contribution in [0.15, 0.2) is 27.5 Å². The Bertz CT molecular complexity index is 701. The van der Waals surface area contributed by atoms with Crippen LogP contribution in [0, 0.1) is 5.92 Å². The predicted octanol–water partition coefficient (Wildman–Crippen LogP) is 1.64. The van der Waals surface area contributed by atoms with Crippen molar-refractivity contribution in [2.24, 2.45) is 11.7 Å². The third-order valence-corrected chi connectivity index (χ3v) is 4.33. The lowest BCUT2D eigenvalue weighted by atomic mass is 10.2. The molecule has 1 heterocycles. The molecule has 1 aliphatic carbocycles. The zero-order valence-electron chi connectivity index (χ0n) is 9.96. The Hall–Kier alpha value is -1.40. The Morgan fingerprint density at radius 1 is 1.44 bits per heavy atom. The molecule has 0 amide bonds. The van der Waals surface area contributed by atoms with Gasteiger partial charge in [0.2, 0.25) is 5.89 Å². The van der Waals surface area contributed by atoms with Crippen LogP contribution in [0.4, 0.5) is 0 Å². The molecule has 0 saturated heterocycles. The van der Waals surface area contributed by atoms with Crippen LogP contribution in [-0.2, 0) is 9.84 Å². The lowest BCUT2D eigenvalue weighted by Gasteiger charge is -2.02. The van der Waals surface area contributed by atoms with Gasteiger partial charge in [0, 0.05) is 6.26 Å². The summed E-state index contributed by atoms with van der Waals surface area (Å²) in [6, 6.07) is 4.49. The molecule has 1 atom stereocenters. The van der Waals surface area contributed by atoms with Crippen molar-refractivity contribution in [1.82, 2.24) is 4.98 Å². The van der Waals surface area contributed by atoms with Crippen LogP contribution >= 0.6 is 0 Å². The van der Waals surface area contributed by atoms with Crippen molar-refractivity contribution in [3.05, 3.63) is 24.1 Å². The van der Waals surface area contributed by atoms with Crippen molar-refractivity contribution in [2.45, 2.75) is 23.8 Å². The van der Waals surface area contributed by atoms with Crippen LogP contribution in [0.5, 0.6) is 0 Å². The first-order valence-corrected chi connectivity index (χ1v) is 7.70. The van der Waals surface area contributed by atoms with Gasteiger partial charge in [-0.3, -0.25) is 0 Å². The van der Waals surface area contributed by atoms with E-state index in [4.69, 9.17) is 10.2 Å². The molecule has 1 aromatic heterocycles. The maximum Gasteiger partial charge on any atom is 0.212 e. The highest BCUT2D eigenvalue weighted by Crippen LogP contribution is 2.39. The van der Waals surface area contributed by atoms with Crippen LogP contribution in [0.2, 0.25) is 0 Å². The number of hydrogen-bond acceptors (Lipinski definition) is 5. The molecule has 3 rings (SSSR count). The van der Waals surface area contributed by atoms with E-state index >= 15 is 0 Å². The Morgan fingerprint density at radius 3 is 2.78 bits per heavy atom. The fraction of sp³-hybridized carbons (Fsp3) is 0.417. The maximum atomic E-state index is 11.5. The van der Waals surface area contributed by atoms with Crippen molar-refractivity contribution in [2.75, 3.05) is 6.26 Å². The standard InChI is InChI=1S/C12H14N2O3S/c1-18(15,16)8-4-5-10-9(6-8)14-12(17-10)11(13)7-2-3-7/h4-7,11H,2-3,13H2,1H3. The summed E-state index contributed by atoms with van der Waals surface area (Å²) in [6.45, 7) is 0. The topological polar surface area (TPSA) is 86.2 Å². The van der Waals surface area contributed by atoms with E-state index in [1.165, 1.54) is 18.4 Å². The van der Waals surface area contributed by atoms with Gasteiger partial charge in [-0.15, -0.1) is 0 Å². The third-order valence-electron chi connectivity index (χ3n) is 3.22. The van der Waals surface area contributed by atoms with Gasteiger partial charge in [-0.2, -0.15) is 0 Å². The normalized spacial score (nSPS) is 18.1. The van der Waals surface area contributed by atoms with Crippen molar-refractivity contribution in [1.29, 1.82) is 0 Å². The maximum absolute atomic E-state index is 11.5. The number of sulfone groups is 1. The van der Waals surface area contributed by atoms with Gasteiger partial charge in [0.25, 0.3) is 0 Å². The Morgan fingerprint density at radius 2 is 2.17 bits per heavy atom. The molecule has 1 fully saturated rings. The number of nitrogens with two attached hydrogens (primary N) is 1. The predicted molar refractivity (Wildman–Crippen MR) is 66.8 cm³/mol. The monoisotopic (exact) mass is 266 g/mol. The molecule has 0 radical (unpaired) electrons. The molecular formula is C12H14N2O3S. The lowest BCUT2D eigenvalue weighted by molar-refractivity contribution is 0.448. The zero-order valence-corrected chi connectivity index (χ0v) is 10.8. The summed E-state index contributed by atoms with van der Waals surface area (Å²) in [5, 5.41) is 0. The highest BCUT2D eigenvalue weighted by Gasteiger charge is 2.32. The van der Waals surface area contributed by atoms with Crippen LogP contribution < -0.4 is 5.73 Å². The molecule has 6 heteroatoms. The minimum absolute atomic E-state index is 0.181. The number of aromatic nitrogens is 1. The smallest absolute Gasteiger partial charge is 0.212 e. The van der Waals surface area contributed by atoms with Gasteiger partial charge in [0.1, 0.15) is 5.52 Å². The summed E-state index contributed by atoms with van der Waals surface area (Å²) < 4.78 is 28.5. The number of oxazole rings is 1. The number of rotatable bonds is 3. The summed E-state index contributed by atoms with van der Waals surface area (Å²) in [5.41, 5.74) is 7.14. The average Bonchev–Trinajstić information content (AvgIpc) is 3.05. The molecule has 1 aliphatic rings. The van der Waals surface area contributed by atoms with Gasteiger partial charge in [-0.05, 0) is 37.0 Å². The molecular weight excluding hydrogens is 252 g/mol. The van der Waals surface area contributed by atoms with E-state index in [1.807, 2.05) is 0 Å². The van der Waals surface area contributed by atoms with E-state index in [1.54, 1.807) is 6.07 Å². The Balaban J connectivity index is 2.06. The van der Waals surface area contributed by atoms with Crippen molar-refractivity contribution < 1.29 is 12.8 Å². The highest BCUT2D eigenvalue weighted by molar-refractivity contribution is 7.90. The summed E-state index contributed by atoms with van der Waals surface area (Å²) in [5.74, 6) is 0.950. The number of benzene rings is 1. The molecule has 0 spiro atoms. The van der Waals surface area contributed by atoms with E-state index < -0.39 is 9.84 Å². The Kier molecular flexibility index (Phi) is 2.46. The second-order valence-corrected chi connectivity index (χ2v) is 6.83. The summed E-state index contributed by atoms with van der Waals surface area (Å²) in [7, 11) is -3.22.